The highest BCUT2D eigenvalue weighted by atomic mass is 35.6. The zero-order valence-corrected chi connectivity index (χ0v) is 16.3. The standard InChI is InChI=1S/C6Cl11O2/c7-2(8,3(9,10)5(13,14)15)4(11,12)6(16,17)19-1-18. The summed E-state index contributed by atoms with van der Waals surface area (Å²) in [6, 6.07) is 0. The van der Waals surface area contributed by atoms with Gasteiger partial charge in [-0.2, -0.15) is 0 Å². The maximum Gasteiger partial charge on any atom is 0.420 e. The second-order valence-corrected chi connectivity index (χ2v) is 10.4. The molecule has 0 aliphatic carbocycles. The number of ether oxygens (including phenoxy) is 1. The molecule has 0 fully saturated rings. The first-order valence-corrected chi connectivity index (χ1v) is 7.85. The first-order chi connectivity index (χ1) is 8.06. The van der Waals surface area contributed by atoms with E-state index in [1.54, 1.807) is 0 Å². The van der Waals surface area contributed by atoms with Crippen molar-refractivity contribution in [2.45, 2.75) is 21.3 Å². The average molecular weight is 494 g/mol. The van der Waals surface area contributed by atoms with Gasteiger partial charge in [-0.15, -0.1) is 0 Å². The zero-order valence-electron chi connectivity index (χ0n) is 7.97. The number of rotatable bonds is 5. The summed E-state index contributed by atoms with van der Waals surface area (Å²) in [5.41, 5.74) is 0. The van der Waals surface area contributed by atoms with Crippen LogP contribution in [0.5, 0.6) is 0 Å². The molecule has 0 rings (SSSR count). The smallest absolute Gasteiger partial charge is 0.417 e. The van der Waals surface area contributed by atoms with Crippen molar-refractivity contribution in [2.24, 2.45) is 0 Å². The van der Waals surface area contributed by atoms with E-state index in [1.807, 2.05) is 0 Å². The molecule has 0 aliphatic heterocycles. The van der Waals surface area contributed by atoms with Crippen molar-refractivity contribution >= 4 is 134 Å². The third-order valence-corrected chi connectivity index (χ3v) is 8.36. The Morgan fingerprint density at radius 3 is 1.26 bits per heavy atom. The van der Waals surface area contributed by atoms with E-state index in [0.717, 1.165) is 6.47 Å². The SMILES string of the molecule is O=[C]OC(Cl)(Cl)C(Cl)(Cl)C(Cl)(Cl)C(Cl)(Cl)C(Cl)(Cl)Cl. The Labute approximate surface area is 163 Å². The monoisotopic (exact) mass is 489 g/mol. The lowest BCUT2D eigenvalue weighted by Gasteiger charge is -2.46. The average Bonchev–Trinajstić information content (AvgIpc) is 2.14. The van der Waals surface area contributed by atoms with Gasteiger partial charge >= 0.3 is 6.47 Å². The van der Waals surface area contributed by atoms with Crippen LogP contribution in [-0.4, -0.2) is 27.8 Å². The summed E-state index contributed by atoms with van der Waals surface area (Å²) in [6.45, 7) is 0.891. The van der Waals surface area contributed by atoms with Crippen molar-refractivity contribution in [1.29, 1.82) is 0 Å². The van der Waals surface area contributed by atoms with Gasteiger partial charge in [0.2, 0.25) is 12.5 Å². The number of hydrogen-bond donors (Lipinski definition) is 0. The van der Waals surface area contributed by atoms with E-state index in [9.17, 15) is 4.79 Å². The molecule has 0 unspecified atom stereocenters. The molecular formula is C6Cl11O2. The van der Waals surface area contributed by atoms with Gasteiger partial charge in [0.05, 0.1) is 0 Å². The fourth-order valence-electron chi connectivity index (χ4n) is 0.674. The molecule has 0 amide bonds. The Morgan fingerprint density at radius 2 is 1.00 bits per heavy atom. The Morgan fingerprint density at radius 1 is 0.632 bits per heavy atom. The molecule has 0 atom stereocenters. The lowest BCUT2D eigenvalue weighted by Crippen LogP contribution is -2.62. The van der Waals surface area contributed by atoms with Crippen molar-refractivity contribution in [3.63, 3.8) is 0 Å². The minimum Gasteiger partial charge on any atom is -0.417 e. The predicted molar refractivity (Wildman–Crippen MR) is 84.8 cm³/mol. The lowest BCUT2D eigenvalue weighted by atomic mass is 10.2. The first-order valence-electron chi connectivity index (χ1n) is 3.69. The molecule has 113 valence electrons. The molecule has 0 saturated carbocycles. The van der Waals surface area contributed by atoms with Gasteiger partial charge in [0, 0.05) is 0 Å². The van der Waals surface area contributed by atoms with Crippen LogP contribution in [0.3, 0.4) is 0 Å². The van der Waals surface area contributed by atoms with Crippen LogP contribution in [-0.2, 0) is 9.53 Å². The highest BCUT2D eigenvalue weighted by molar-refractivity contribution is 6.81. The van der Waals surface area contributed by atoms with Gasteiger partial charge in [-0.3, -0.25) is 0 Å². The lowest BCUT2D eigenvalue weighted by molar-refractivity contribution is 0.184. The molecule has 0 aliphatic rings. The topological polar surface area (TPSA) is 26.3 Å². The van der Waals surface area contributed by atoms with E-state index < -0.39 is 21.3 Å². The molecule has 0 saturated heterocycles. The zero-order chi connectivity index (χ0) is 15.9. The van der Waals surface area contributed by atoms with E-state index >= 15 is 0 Å². The third kappa shape index (κ3) is 3.95. The molecule has 0 N–H and O–H groups in total. The summed E-state index contributed by atoms with van der Waals surface area (Å²) in [4.78, 5) is 10.2. The van der Waals surface area contributed by atoms with E-state index in [0.29, 0.717) is 0 Å². The van der Waals surface area contributed by atoms with Gasteiger partial charge in [-0.1, -0.05) is 128 Å². The van der Waals surface area contributed by atoms with Crippen molar-refractivity contribution in [2.75, 3.05) is 0 Å². The Kier molecular flexibility index (Phi) is 7.58. The van der Waals surface area contributed by atoms with Crippen molar-refractivity contribution in [3.8, 4) is 0 Å². The fourth-order valence-corrected chi connectivity index (χ4v) is 3.32. The summed E-state index contributed by atoms with van der Waals surface area (Å²) >= 11 is 62.4. The molecule has 2 nitrogen and oxygen atoms in total. The Hall–Kier alpha value is 2.66. The summed E-state index contributed by atoms with van der Waals surface area (Å²) < 4.78 is -9.03. The number of hydrogen-bond acceptors (Lipinski definition) is 2. The number of alkyl halides is 11. The molecule has 0 aromatic heterocycles. The summed E-state index contributed by atoms with van der Waals surface area (Å²) in [7, 11) is 0. The van der Waals surface area contributed by atoms with Gasteiger partial charge in [0.15, 0.2) is 4.33 Å². The van der Waals surface area contributed by atoms with Crippen molar-refractivity contribution in [1.82, 2.24) is 0 Å². The van der Waals surface area contributed by atoms with E-state index in [2.05, 4.69) is 4.74 Å². The van der Waals surface area contributed by atoms with E-state index in [-0.39, 0.29) is 0 Å². The van der Waals surface area contributed by atoms with Crippen LogP contribution in [0.1, 0.15) is 0 Å². The predicted octanol–water partition coefficient (Wildman–Crippen LogP) is 6.09. The fraction of sp³-hybridized carbons (Fsp3) is 0.833. The van der Waals surface area contributed by atoms with Gasteiger partial charge in [0.1, 0.15) is 0 Å². The maximum atomic E-state index is 10.2. The molecule has 1 radical (unpaired) electrons. The van der Waals surface area contributed by atoms with Crippen LogP contribution in [0.4, 0.5) is 0 Å². The summed E-state index contributed by atoms with van der Waals surface area (Å²) in [5.74, 6) is 0. The van der Waals surface area contributed by atoms with Crippen LogP contribution in [0.25, 0.3) is 0 Å². The van der Waals surface area contributed by atoms with E-state index in [4.69, 9.17) is 128 Å². The van der Waals surface area contributed by atoms with Crippen molar-refractivity contribution in [3.05, 3.63) is 0 Å². The summed E-state index contributed by atoms with van der Waals surface area (Å²) in [6.07, 6.45) is 0. The largest absolute Gasteiger partial charge is 0.420 e. The minimum absolute atomic E-state index is 0.891. The molecule has 13 heteroatoms. The maximum absolute atomic E-state index is 10.2. The van der Waals surface area contributed by atoms with Crippen LogP contribution in [0.15, 0.2) is 0 Å². The number of halogens is 11. The van der Waals surface area contributed by atoms with E-state index in [1.165, 1.54) is 0 Å². The number of carbonyl (C=O) groups excluding carboxylic acids is 1. The molecule has 19 heavy (non-hydrogen) atoms. The molecular weight excluding hydrogens is 494 g/mol. The Balaban J connectivity index is 5.83. The second-order valence-electron chi connectivity index (χ2n) is 2.92. The highest BCUT2D eigenvalue weighted by Crippen LogP contribution is 2.66. The first kappa shape index (κ1) is 21.7. The van der Waals surface area contributed by atoms with Gasteiger partial charge < -0.3 is 4.74 Å². The molecule has 0 spiro atoms. The molecule has 0 heterocycles. The van der Waals surface area contributed by atoms with Gasteiger partial charge in [-0.05, 0) is 0 Å². The molecule has 0 aromatic rings. The van der Waals surface area contributed by atoms with Gasteiger partial charge in [0.25, 0.3) is 4.52 Å². The third-order valence-electron chi connectivity index (χ3n) is 1.68. The quantitative estimate of drug-likeness (QED) is 0.433. The highest BCUT2D eigenvalue weighted by Gasteiger charge is 2.74. The van der Waals surface area contributed by atoms with Crippen LogP contribution < -0.4 is 0 Å². The van der Waals surface area contributed by atoms with Gasteiger partial charge in [-0.25, -0.2) is 4.79 Å². The molecule has 0 aromatic carbocycles. The van der Waals surface area contributed by atoms with Crippen LogP contribution in [0.2, 0.25) is 0 Å². The normalized spacial score (nSPS) is 15.3. The van der Waals surface area contributed by atoms with Crippen molar-refractivity contribution < 1.29 is 9.53 Å². The summed E-state index contributed by atoms with van der Waals surface area (Å²) in [5, 5.41) is 0. The van der Waals surface area contributed by atoms with Crippen LogP contribution >= 0.6 is 128 Å². The molecule has 0 bridgehead atoms. The second kappa shape index (κ2) is 6.65. The van der Waals surface area contributed by atoms with Crippen LogP contribution in [0, 0.1) is 0 Å². The minimum atomic E-state index is -2.71. The Bertz CT molecular complexity index is 344.